The van der Waals surface area contributed by atoms with Crippen molar-refractivity contribution >= 4 is 21.4 Å². The molecule has 1 fully saturated rings. The molecule has 2 aromatic carbocycles. The zero-order valence-electron chi connectivity index (χ0n) is 13.6. The number of halogens is 1. The fourth-order valence-corrected chi connectivity index (χ4v) is 3.99. The van der Waals surface area contributed by atoms with E-state index in [0.29, 0.717) is 0 Å². The van der Waals surface area contributed by atoms with Gasteiger partial charge in [0.15, 0.2) is 0 Å². The smallest absolute Gasteiger partial charge is 0.261 e. The van der Waals surface area contributed by atoms with Crippen LogP contribution < -0.4 is 9.62 Å². The zero-order valence-corrected chi connectivity index (χ0v) is 14.4. The van der Waals surface area contributed by atoms with Gasteiger partial charge in [-0.2, -0.15) is 0 Å². The molecular formula is C18H21FN2O2S. The largest absolute Gasteiger partial charge is 0.370 e. The summed E-state index contributed by atoms with van der Waals surface area (Å²) in [6.07, 6.45) is 3.28. The van der Waals surface area contributed by atoms with Crippen LogP contribution in [0.15, 0.2) is 47.4 Å². The Labute approximate surface area is 142 Å². The molecular weight excluding hydrogens is 327 g/mol. The van der Waals surface area contributed by atoms with Crippen molar-refractivity contribution in [3.63, 3.8) is 0 Å². The Morgan fingerprint density at radius 2 is 1.67 bits per heavy atom. The van der Waals surface area contributed by atoms with E-state index in [9.17, 15) is 12.8 Å². The molecule has 0 radical (unpaired) electrons. The first-order valence-electron chi connectivity index (χ1n) is 8.10. The number of rotatable bonds is 4. The lowest BCUT2D eigenvalue weighted by Crippen LogP contribution is -2.30. The Morgan fingerprint density at radius 1 is 1.00 bits per heavy atom. The summed E-state index contributed by atoms with van der Waals surface area (Å²) in [4.78, 5) is 2.28. The second-order valence-corrected chi connectivity index (χ2v) is 7.81. The van der Waals surface area contributed by atoms with Crippen molar-refractivity contribution in [3.05, 3.63) is 53.8 Å². The lowest BCUT2D eigenvalue weighted by molar-refractivity contribution is 0.577. The van der Waals surface area contributed by atoms with Gasteiger partial charge in [0.2, 0.25) is 0 Å². The molecule has 0 unspecified atom stereocenters. The first-order valence-corrected chi connectivity index (χ1v) is 9.58. The van der Waals surface area contributed by atoms with E-state index >= 15 is 0 Å². The van der Waals surface area contributed by atoms with E-state index in [2.05, 4.69) is 9.62 Å². The number of sulfonamides is 1. The summed E-state index contributed by atoms with van der Waals surface area (Å²) >= 11 is 0. The summed E-state index contributed by atoms with van der Waals surface area (Å²) < 4.78 is 41.5. The molecule has 1 heterocycles. The molecule has 0 saturated carbocycles. The maximum atomic E-state index is 13.7. The molecule has 2 aromatic rings. The summed E-state index contributed by atoms with van der Waals surface area (Å²) in [5.41, 5.74) is 2.00. The topological polar surface area (TPSA) is 49.4 Å². The molecule has 4 nitrogen and oxygen atoms in total. The Hall–Kier alpha value is -2.08. The van der Waals surface area contributed by atoms with E-state index in [1.165, 1.54) is 18.6 Å². The summed E-state index contributed by atoms with van der Waals surface area (Å²) in [5.74, 6) is -0.461. The van der Waals surface area contributed by atoms with Crippen LogP contribution in [0.2, 0.25) is 0 Å². The van der Waals surface area contributed by atoms with E-state index in [0.717, 1.165) is 37.2 Å². The normalized spacial score (nSPS) is 15.3. The summed E-state index contributed by atoms with van der Waals surface area (Å²) in [5, 5.41) is 0. The molecule has 1 aliphatic rings. The van der Waals surface area contributed by atoms with E-state index in [-0.39, 0.29) is 10.6 Å². The van der Waals surface area contributed by atoms with Crippen LogP contribution in [0.3, 0.4) is 0 Å². The van der Waals surface area contributed by atoms with Crippen LogP contribution in [-0.4, -0.2) is 21.5 Å². The number of benzene rings is 2. The van der Waals surface area contributed by atoms with E-state index in [1.54, 1.807) is 30.3 Å². The third-order valence-electron chi connectivity index (χ3n) is 4.23. The van der Waals surface area contributed by atoms with Crippen molar-refractivity contribution in [2.45, 2.75) is 31.1 Å². The number of hydrogen-bond acceptors (Lipinski definition) is 3. The van der Waals surface area contributed by atoms with Gasteiger partial charge in [-0.25, -0.2) is 12.8 Å². The lowest BCUT2D eigenvalue weighted by Gasteiger charge is -2.30. The minimum Gasteiger partial charge on any atom is -0.370 e. The average molecular weight is 348 g/mol. The van der Waals surface area contributed by atoms with Crippen LogP contribution >= 0.6 is 0 Å². The zero-order chi connectivity index (χ0) is 17.2. The Kier molecular flexibility index (Phi) is 4.76. The maximum Gasteiger partial charge on any atom is 0.261 e. The Balaban J connectivity index is 1.93. The van der Waals surface area contributed by atoms with Gasteiger partial charge in [0, 0.05) is 19.2 Å². The number of hydrogen-bond donors (Lipinski definition) is 1. The molecule has 6 heteroatoms. The van der Waals surface area contributed by atoms with E-state index < -0.39 is 15.8 Å². The van der Waals surface area contributed by atoms with Gasteiger partial charge in [0.05, 0.1) is 16.3 Å². The molecule has 24 heavy (non-hydrogen) atoms. The van der Waals surface area contributed by atoms with Crippen LogP contribution in [0.1, 0.15) is 24.8 Å². The molecule has 1 saturated heterocycles. The third-order valence-corrected chi connectivity index (χ3v) is 5.61. The predicted molar refractivity (Wildman–Crippen MR) is 94.5 cm³/mol. The number of anilines is 2. The van der Waals surface area contributed by atoms with Crippen LogP contribution in [0.5, 0.6) is 0 Å². The monoisotopic (exact) mass is 348 g/mol. The van der Waals surface area contributed by atoms with E-state index in [4.69, 9.17) is 0 Å². The molecule has 1 aliphatic heterocycles. The molecule has 0 spiro atoms. The number of nitrogens with one attached hydrogen (secondary N) is 1. The fourth-order valence-electron chi connectivity index (χ4n) is 2.92. The minimum absolute atomic E-state index is 0.168. The van der Waals surface area contributed by atoms with Gasteiger partial charge in [-0.05, 0) is 50.5 Å². The van der Waals surface area contributed by atoms with Crippen LogP contribution in [0.4, 0.5) is 15.8 Å². The number of piperidine rings is 1. The molecule has 1 N–H and O–H groups in total. The second kappa shape index (κ2) is 6.81. The molecule has 3 rings (SSSR count). The Bertz CT molecular complexity index is 813. The van der Waals surface area contributed by atoms with Crippen LogP contribution in [0, 0.1) is 12.7 Å². The Morgan fingerprint density at radius 3 is 2.33 bits per heavy atom. The highest BCUT2D eigenvalue weighted by Crippen LogP contribution is 2.31. The van der Waals surface area contributed by atoms with Crippen molar-refractivity contribution in [1.29, 1.82) is 0 Å². The fraction of sp³-hybridized carbons (Fsp3) is 0.333. The van der Waals surface area contributed by atoms with E-state index in [1.807, 2.05) is 6.92 Å². The van der Waals surface area contributed by atoms with Crippen molar-refractivity contribution < 1.29 is 12.8 Å². The van der Waals surface area contributed by atoms with Gasteiger partial charge in [-0.15, -0.1) is 0 Å². The molecule has 0 bridgehead atoms. The highest BCUT2D eigenvalue weighted by Gasteiger charge is 2.20. The third kappa shape index (κ3) is 3.70. The number of nitrogens with zero attached hydrogens (tertiary/aromatic N) is 1. The summed E-state index contributed by atoms with van der Waals surface area (Å²) in [6.45, 7) is 3.60. The first kappa shape index (κ1) is 16.8. The quantitative estimate of drug-likeness (QED) is 0.911. The second-order valence-electron chi connectivity index (χ2n) is 6.13. The first-order chi connectivity index (χ1) is 11.5. The highest BCUT2D eigenvalue weighted by atomic mass is 32.2. The van der Waals surface area contributed by atoms with Crippen LogP contribution in [-0.2, 0) is 10.0 Å². The van der Waals surface area contributed by atoms with Crippen molar-refractivity contribution in [2.24, 2.45) is 0 Å². The molecule has 128 valence electrons. The highest BCUT2D eigenvalue weighted by molar-refractivity contribution is 7.92. The minimum atomic E-state index is -3.75. The lowest BCUT2D eigenvalue weighted by atomic mass is 10.1. The molecule has 0 atom stereocenters. The van der Waals surface area contributed by atoms with Gasteiger partial charge in [0.25, 0.3) is 10.0 Å². The van der Waals surface area contributed by atoms with Crippen molar-refractivity contribution in [2.75, 3.05) is 22.7 Å². The van der Waals surface area contributed by atoms with Gasteiger partial charge >= 0.3 is 0 Å². The van der Waals surface area contributed by atoms with Gasteiger partial charge < -0.3 is 4.90 Å². The number of aryl methyl sites for hydroxylation is 1. The maximum absolute atomic E-state index is 13.7. The molecule has 0 amide bonds. The average Bonchev–Trinajstić information content (AvgIpc) is 2.56. The predicted octanol–water partition coefficient (Wildman–Crippen LogP) is 3.93. The molecule has 0 aliphatic carbocycles. The van der Waals surface area contributed by atoms with Gasteiger partial charge in [0.1, 0.15) is 5.82 Å². The summed E-state index contributed by atoms with van der Waals surface area (Å²) in [7, 11) is -3.75. The van der Waals surface area contributed by atoms with Crippen LogP contribution in [0.25, 0.3) is 0 Å². The summed E-state index contributed by atoms with van der Waals surface area (Å²) in [6, 6.07) is 10.9. The molecule has 0 aromatic heterocycles. The van der Waals surface area contributed by atoms with Gasteiger partial charge in [-0.1, -0.05) is 17.7 Å². The standard InChI is InChI=1S/C18H21FN2O2S/c1-14-5-8-16(9-6-14)24(22,23)20-17-13-15(19)7-10-18(17)21-11-3-2-4-12-21/h5-10,13,20H,2-4,11-12H2,1H3. The van der Waals surface area contributed by atoms with Crippen molar-refractivity contribution in [1.82, 2.24) is 0 Å². The SMILES string of the molecule is Cc1ccc(S(=O)(=O)Nc2cc(F)ccc2N2CCCCC2)cc1. The van der Waals surface area contributed by atoms with Crippen molar-refractivity contribution in [3.8, 4) is 0 Å². The van der Waals surface area contributed by atoms with Gasteiger partial charge in [-0.3, -0.25) is 4.72 Å².